The smallest absolute Gasteiger partial charge is 0.315 e. The minimum absolute atomic E-state index is 0.103. The normalized spacial score (nSPS) is 15.3. The molecule has 2 rings (SSSR count). The number of amides is 3. The zero-order chi connectivity index (χ0) is 12.4. The van der Waals surface area contributed by atoms with Crippen LogP contribution in [-0.2, 0) is 4.79 Å². The zero-order valence-electron chi connectivity index (χ0n) is 9.38. The fourth-order valence-corrected chi connectivity index (χ4v) is 1.77. The van der Waals surface area contributed by atoms with Crippen molar-refractivity contribution in [3.8, 4) is 6.07 Å². The summed E-state index contributed by atoms with van der Waals surface area (Å²) < 4.78 is 0. The Morgan fingerprint density at radius 1 is 1.41 bits per heavy atom. The summed E-state index contributed by atoms with van der Waals surface area (Å²) in [6.45, 7) is 2.42. The predicted molar refractivity (Wildman–Crippen MR) is 61.3 cm³/mol. The molecule has 0 N–H and O–H groups in total. The first-order valence-corrected chi connectivity index (χ1v) is 5.29. The van der Waals surface area contributed by atoms with Gasteiger partial charge in [-0.1, -0.05) is 6.07 Å². The van der Waals surface area contributed by atoms with Crippen LogP contribution in [-0.4, -0.2) is 29.9 Å². The van der Waals surface area contributed by atoms with Gasteiger partial charge in [-0.25, -0.2) is 9.69 Å². The molecule has 86 valence electrons. The first-order valence-electron chi connectivity index (χ1n) is 5.29. The molecule has 0 saturated carbocycles. The summed E-state index contributed by atoms with van der Waals surface area (Å²) in [5.74, 6) is -0.257. The van der Waals surface area contributed by atoms with E-state index in [2.05, 4.69) is 0 Å². The van der Waals surface area contributed by atoms with Crippen molar-refractivity contribution in [2.24, 2.45) is 0 Å². The molecule has 0 spiro atoms. The van der Waals surface area contributed by atoms with Crippen molar-refractivity contribution in [3.63, 3.8) is 0 Å². The largest absolute Gasteiger partial charge is 0.331 e. The summed E-state index contributed by atoms with van der Waals surface area (Å²) in [5.41, 5.74) is 0.882. The molecule has 1 fully saturated rings. The Hall–Kier alpha value is -2.35. The van der Waals surface area contributed by atoms with E-state index in [0.29, 0.717) is 17.8 Å². The van der Waals surface area contributed by atoms with Crippen LogP contribution in [0.1, 0.15) is 12.5 Å². The van der Waals surface area contributed by atoms with Gasteiger partial charge < -0.3 is 4.90 Å². The van der Waals surface area contributed by atoms with E-state index < -0.39 is 0 Å². The van der Waals surface area contributed by atoms with Gasteiger partial charge in [-0.15, -0.1) is 0 Å². The number of likely N-dealkylation sites (N-methyl/N-ethyl adjacent to an activating group) is 1. The third-order valence-corrected chi connectivity index (χ3v) is 2.65. The molecule has 1 aliphatic rings. The van der Waals surface area contributed by atoms with E-state index >= 15 is 0 Å². The van der Waals surface area contributed by atoms with Crippen LogP contribution >= 0.6 is 0 Å². The first-order chi connectivity index (χ1) is 8.17. The monoisotopic (exact) mass is 229 g/mol. The van der Waals surface area contributed by atoms with Gasteiger partial charge in [0.15, 0.2) is 0 Å². The molecule has 0 atom stereocenters. The van der Waals surface area contributed by atoms with E-state index in [0.717, 1.165) is 4.90 Å². The van der Waals surface area contributed by atoms with E-state index in [1.807, 2.05) is 13.0 Å². The Bertz CT molecular complexity index is 519. The topological polar surface area (TPSA) is 64.4 Å². The summed E-state index contributed by atoms with van der Waals surface area (Å²) in [5, 5.41) is 8.79. The maximum atomic E-state index is 11.9. The highest BCUT2D eigenvalue weighted by molar-refractivity contribution is 6.19. The van der Waals surface area contributed by atoms with Crippen molar-refractivity contribution in [3.05, 3.63) is 29.8 Å². The Labute approximate surface area is 98.9 Å². The molecule has 0 unspecified atom stereocenters. The number of hydrogen-bond acceptors (Lipinski definition) is 3. The number of anilines is 1. The Morgan fingerprint density at radius 2 is 2.18 bits per heavy atom. The number of carbonyl (C=O) groups is 2. The lowest BCUT2D eigenvalue weighted by Gasteiger charge is -2.15. The van der Waals surface area contributed by atoms with Crippen LogP contribution < -0.4 is 4.90 Å². The lowest BCUT2D eigenvalue weighted by Crippen LogP contribution is -2.32. The summed E-state index contributed by atoms with van der Waals surface area (Å²) in [4.78, 5) is 26.2. The van der Waals surface area contributed by atoms with E-state index in [1.54, 1.807) is 18.2 Å². The maximum absolute atomic E-state index is 11.9. The molecular weight excluding hydrogens is 218 g/mol. The van der Waals surface area contributed by atoms with Gasteiger partial charge in [0.25, 0.3) is 5.91 Å². The molecule has 1 heterocycles. The molecule has 1 saturated heterocycles. The van der Waals surface area contributed by atoms with Gasteiger partial charge in [0.2, 0.25) is 0 Å². The van der Waals surface area contributed by atoms with E-state index in [4.69, 9.17) is 5.26 Å². The van der Waals surface area contributed by atoms with Crippen LogP contribution in [0.4, 0.5) is 10.5 Å². The lowest BCUT2D eigenvalue weighted by atomic mass is 10.2. The van der Waals surface area contributed by atoms with Crippen LogP contribution in [0.25, 0.3) is 0 Å². The van der Waals surface area contributed by atoms with Crippen molar-refractivity contribution < 1.29 is 9.59 Å². The standard InChI is InChI=1S/C12H11N3O2/c1-2-14-8-11(16)15(12(14)17)10-5-3-4-9(6-10)7-13/h3-6H,2,8H2,1H3. The third kappa shape index (κ3) is 1.85. The highest BCUT2D eigenvalue weighted by Crippen LogP contribution is 2.21. The highest BCUT2D eigenvalue weighted by Gasteiger charge is 2.36. The van der Waals surface area contributed by atoms with Crippen molar-refractivity contribution in [1.29, 1.82) is 5.26 Å². The fraction of sp³-hybridized carbons (Fsp3) is 0.250. The van der Waals surface area contributed by atoms with Crippen LogP contribution in [0.15, 0.2) is 24.3 Å². The van der Waals surface area contributed by atoms with Crippen LogP contribution in [0.3, 0.4) is 0 Å². The molecule has 0 radical (unpaired) electrons. The second-order valence-electron chi connectivity index (χ2n) is 3.69. The number of urea groups is 1. The van der Waals surface area contributed by atoms with E-state index in [9.17, 15) is 9.59 Å². The number of nitriles is 1. The molecule has 3 amide bonds. The summed E-state index contributed by atoms with van der Waals surface area (Å²) >= 11 is 0. The van der Waals surface area contributed by atoms with Crippen molar-refractivity contribution in [2.45, 2.75) is 6.92 Å². The van der Waals surface area contributed by atoms with Crippen molar-refractivity contribution in [2.75, 3.05) is 18.0 Å². The van der Waals surface area contributed by atoms with Crippen molar-refractivity contribution in [1.82, 2.24) is 4.90 Å². The molecule has 1 aliphatic heterocycles. The number of rotatable bonds is 2. The predicted octanol–water partition coefficient (Wildman–Crippen LogP) is 1.35. The molecule has 1 aromatic carbocycles. The lowest BCUT2D eigenvalue weighted by molar-refractivity contribution is -0.116. The van der Waals surface area contributed by atoms with Gasteiger partial charge in [0.1, 0.15) is 6.54 Å². The molecule has 17 heavy (non-hydrogen) atoms. The first kappa shape index (κ1) is 11.1. The van der Waals surface area contributed by atoms with Crippen molar-refractivity contribution >= 4 is 17.6 Å². The molecular formula is C12H11N3O2. The van der Waals surface area contributed by atoms with Gasteiger partial charge in [0, 0.05) is 6.54 Å². The van der Waals surface area contributed by atoms with Gasteiger partial charge in [-0.3, -0.25) is 4.79 Å². The molecule has 0 bridgehead atoms. The Morgan fingerprint density at radius 3 is 2.76 bits per heavy atom. The van der Waals surface area contributed by atoms with Crippen LogP contribution in [0, 0.1) is 11.3 Å². The second kappa shape index (κ2) is 4.26. The molecule has 1 aromatic rings. The quantitative estimate of drug-likeness (QED) is 0.719. The summed E-state index contributed by atoms with van der Waals surface area (Å²) in [7, 11) is 0. The van der Waals surface area contributed by atoms with Gasteiger partial charge >= 0.3 is 6.03 Å². The average molecular weight is 229 g/mol. The number of imide groups is 1. The van der Waals surface area contributed by atoms with Crippen LogP contribution in [0.2, 0.25) is 0 Å². The highest BCUT2D eigenvalue weighted by atomic mass is 16.2. The Balaban J connectivity index is 2.37. The van der Waals surface area contributed by atoms with E-state index in [1.165, 1.54) is 11.0 Å². The minimum atomic E-state index is -0.326. The molecule has 0 aliphatic carbocycles. The number of hydrogen-bond donors (Lipinski definition) is 0. The fourth-order valence-electron chi connectivity index (χ4n) is 1.77. The molecule has 5 heteroatoms. The SMILES string of the molecule is CCN1CC(=O)N(c2cccc(C#N)c2)C1=O. The zero-order valence-corrected chi connectivity index (χ0v) is 9.38. The van der Waals surface area contributed by atoms with Gasteiger partial charge in [-0.2, -0.15) is 5.26 Å². The van der Waals surface area contributed by atoms with E-state index in [-0.39, 0.29) is 18.5 Å². The number of benzene rings is 1. The summed E-state index contributed by atoms with van der Waals surface area (Å²) in [6.07, 6.45) is 0. The maximum Gasteiger partial charge on any atom is 0.331 e. The summed E-state index contributed by atoms with van der Waals surface area (Å²) in [6, 6.07) is 8.13. The minimum Gasteiger partial charge on any atom is -0.315 e. The third-order valence-electron chi connectivity index (χ3n) is 2.65. The van der Waals surface area contributed by atoms with Gasteiger partial charge in [-0.05, 0) is 25.1 Å². The Kier molecular flexibility index (Phi) is 2.79. The molecule has 0 aromatic heterocycles. The second-order valence-corrected chi connectivity index (χ2v) is 3.69. The van der Waals surface area contributed by atoms with Crippen LogP contribution in [0.5, 0.6) is 0 Å². The number of nitrogens with zero attached hydrogens (tertiary/aromatic N) is 3. The average Bonchev–Trinajstić information content (AvgIpc) is 2.64. The van der Waals surface area contributed by atoms with Gasteiger partial charge in [0.05, 0.1) is 17.3 Å². The molecule has 5 nitrogen and oxygen atoms in total. The number of carbonyl (C=O) groups excluding carboxylic acids is 2.